The van der Waals surface area contributed by atoms with E-state index in [4.69, 9.17) is 5.73 Å². The fourth-order valence-corrected chi connectivity index (χ4v) is 2.00. The van der Waals surface area contributed by atoms with Crippen molar-refractivity contribution < 1.29 is 4.79 Å². The number of halogens is 1. The Morgan fingerprint density at radius 3 is 3.06 bits per heavy atom. The SMILES string of the molecule is Cc1nc2n(n1)CC(NC(=O)C(C)CN)CC2.Cl. The molecule has 1 aromatic rings. The van der Waals surface area contributed by atoms with E-state index in [-0.39, 0.29) is 30.3 Å². The Bertz CT molecular complexity index is 420. The maximum Gasteiger partial charge on any atom is 0.224 e. The van der Waals surface area contributed by atoms with Crippen LogP contribution in [0.5, 0.6) is 0 Å². The molecule has 0 spiro atoms. The molecule has 7 heteroatoms. The zero-order valence-electron chi connectivity index (χ0n) is 10.7. The summed E-state index contributed by atoms with van der Waals surface area (Å²) in [7, 11) is 0. The van der Waals surface area contributed by atoms with Gasteiger partial charge in [-0.2, -0.15) is 5.10 Å². The third-order valence-corrected chi connectivity index (χ3v) is 3.11. The predicted molar refractivity (Wildman–Crippen MR) is 70.5 cm³/mol. The van der Waals surface area contributed by atoms with Gasteiger partial charge < -0.3 is 11.1 Å². The lowest BCUT2D eigenvalue weighted by atomic mass is 10.1. The van der Waals surface area contributed by atoms with Crippen molar-refractivity contribution in [2.45, 2.75) is 39.3 Å². The summed E-state index contributed by atoms with van der Waals surface area (Å²) in [6.07, 6.45) is 1.78. The number of carbonyl (C=O) groups is 1. The van der Waals surface area contributed by atoms with E-state index in [1.54, 1.807) is 0 Å². The standard InChI is InChI=1S/C11H19N5O.ClH/c1-7(5-12)11(17)14-9-3-4-10-13-8(2)15-16(10)6-9;/h7,9H,3-6,12H2,1-2H3,(H,14,17);1H. The molecule has 0 fully saturated rings. The Balaban J connectivity index is 0.00000162. The van der Waals surface area contributed by atoms with Crippen molar-refractivity contribution in [2.24, 2.45) is 11.7 Å². The minimum absolute atomic E-state index is 0. The highest BCUT2D eigenvalue weighted by molar-refractivity contribution is 5.85. The molecule has 18 heavy (non-hydrogen) atoms. The van der Waals surface area contributed by atoms with Crippen LogP contribution in [0.25, 0.3) is 0 Å². The molecule has 102 valence electrons. The Kier molecular flexibility index (Phi) is 5.10. The number of fused-ring (bicyclic) bond motifs is 1. The van der Waals surface area contributed by atoms with Crippen LogP contribution in [0, 0.1) is 12.8 Å². The number of hydrogen-bond acceptors (Lipinski definition) is 4. The molecule has 2 heterocycles. The molecule has 1 aromatic heterocycles. The van der Waals surface area contributed by atoms with Crippen LogP contribution in [0.2, 0.25) is 0 Å². The molecule has 2 unspecified atom stereocenters. The first-order valence-corrected chi connectivity index (χ1v) is 6.01. The highest BCUT2D eigenvalue weighted by Gasteiger charge is 2.23. The summed E-state index contributed by atoms with van der Waals surface area (Å²) in [6, 6.07) is 0.144. The van der Waals surface area contributed by atoms with E-state index in [0.717, 1.165) is 24.5 Å². The van der Waals surface area contributed by atoms with Gasteiger partial charge in [0.05, 0.1) is 6.54 Å². The molecular weight excluding hydrogens is 254 g/mol. The van der Waals surface area contributed by atoms with Crippen molar-refractivity contribution in [3.63, 3.8) is 0 Å². The predicted octanol–water partition coefficient (Wildman–Crippen LogP) is 0.0341. The van der Waals surface area contributed by atoms with Gasteiger partial charge in [0.1, 0.15) is 11.6 Å². The number of rotatable bonds is 3. The van der Waals surface area contributed by atoms with Crippen molar-refractivity contribution in [1.82, 2.24) is 20.1 Å². The number of aryl methyl sites for hydroxylation is 2. The molecule has 0 saturated heterocycles. The number of nitrogens with zero attached hydrogens (tertiary/aromatic N) is 3. The molecule has 3 N–H and O–H groups in total. The zero-order chi connectivity index (χ0) is 12.4. The molecule has 0 bridgehead atoms. The van der Waals surface area contributed by atoms with Crippen LogP contribution in [-0.2, 0) is 17.8 Å². The van der Waals surface area contributed by atoms with Crippen molar-refractivity contribution in [1.29, 1.82) is 0 Å². The van der Waals surface area contributed by atoms with Gasteiger partial charge in [-0.15, -0.1) is 12.4 Å². The first-order chi connectivity index (χ1) is 8.10. The number of hydrogen-bond donors (Lipinski definition) is 2. The molecule has 0 radical (unpaired) electrons. The second kappa shape index (κ2) is 6.15. The average Bonchev–Trinajstić information content (AvgIpc) is 2.67. The van der Waals surface area contributed by atoms with Gasteiger partial charge in [-0.1, -0.05) is 6.92 Å². The van der Waals surface area contributed by atoms with Crippen molar-refractivity contribution >= 4 is 18.3 Å². The van der Waals surface area contributed by atoms with Crippen LogP contribution in [0.1, 0.15) is 25.0 Å². The Morgan fingerprint density at radius 2 is 2.39 bits per heavy atom. The van der Waals surface area contributed by atoms with Gasteiger partial charge in [0.25, 0.3) is 0 Å². The highest BCUT2D eigenvalue weighted by Crippen LogP contribution is 2.13. The quantitative estimate of drug-likeness (QED) is 0.814. The highest BCUT2D eigenvalue weighted by atomic mass is 35.5. The van der Waals surface area contributed by atoms with E-state index in [2.05, 4.69) is 15.4 Å². The van der Waals surface area contributed by atoms with E-state index in [1.165, 1.54) is 0 Å². The van der Waals surface area contributed by atoms with Crippen LogP contribution in [0.15, 0.2) is 0 Å². The summed E-state index contributed by atoms with van der Waals surface area (Å²) in [4.78, 5) is 16.1. The van der Waals surface area contributed by atoms with Gasteiger partial charge in [0.15, 0.2) is 0 Å². The molecule has 1 aliphatic rings. The molecular formula is C11H20ClN5O. The van der Waals surface area contributed by atoms with Gasteiger partial charge >= 0.3 is 0 Å². The summed E-state index contributed by atoms with van der Waals surface area (Å²) < 4.78 is 1.89. The van der Waals surface area contributed by atoms with Gasteiger partial charge in [0.2, 0.25) is 5.91 Å². The normalized spacial score (nSPS) is 19.6. The fraction of sp³-hybridized carbons (Fsp3) is 0.727. The van der Waals surface area contributed by atoms with Crippen LogP contribution in [-0.4, -0.2) is 33.3 Å². The van der Waals surface area contributed by atoms with Gasteiger partial charge in [-0.05, 0) is 13.3 Å². The summed E-state index contributed by atoms with van der Waals surface area (Å²) in [5.74, 6) is 1.70. The molecule has 2 rings (SSSR count). The molecule has 1 aliphatic heterocycles. The second-order valence-corrected chi connectivity index (χ2v) is 4.64. The number of nitrogens with one attached hydrogen (secondary N) is 1. The third kappa shape index (κ3) is 3.20. The summed E-state index contributed by atoms with van der Waals surface area (Å²) in [5, 5.41) is 7.32. The monoisotopic (exact) mass is 273 g/mol. The second-order valence-electron chi connectivity index (χ2n) is 4.64. The lowest BCUT2D eigenvalue weighted by Crippen LogP contribution is -2.44. The number of amides is 1. The lowest BCUT2D eigenvalue weighted by molar-refractivity contribution is -0.125. The van der Waals surface area contributed by atoms with E-state index < -0.39 is 0 Å². The minimum atomic E-state index is -0.131. The Morgan fingerprint density at radius 1 is 1.67 bits per heavy atom. The van der Waals surface area contributed by atoms with Crippen LogP contribution < -0.4 is 11.1 Å². The smallest absolute Gasteiger partial charge is 0.224 e. The maximum atomic E-state index is 11.7. The van der Waals surface area contributed by atoms with Crippen molar-refractivity contribution in [3.05, 3.63) is 11.6 Å². The van der Waals surface area contributed by atoms with E-state index >= 15 is 0 Å². The zero-order valence-corrected chi connectivity index (χ0v) is 11.5. The summed E-state index contributed by atoms with van der Waals surface area (Å²) >= 11 is 0. The maximum absolute atomic E-state index is 11.7. The lowest BCUT2D eigenvalue weighted by Gasteiger charge is -2.24. The number of carbonyl (C=O) groups excluding carboxylic acids is 1. The summed E-state index contributed by atoms with van der Waals surface area (Å²) in [5.41, 5.74) is 5.47. The van der Waals surface area contributed by atoms with E-state index in [0.29, 0.717) is 13.1 Å². The molecule has 6 nitrogen and oxygen atoms in total. The largest absolute Gasteiger partial charge is 0.351 e. The molecule has 0 saturated carbocycles. The van der Waals surface area contributed by atoms with Gasteiger partial charge in [-0.3, -0.25) is 4.79 Å². The topological polar surface area (TPSA) is 85.8 Å². The van der Waals surface area contributed by atoms with Gasteiger partial charge in [-0.25, -0.2) is 9.67 Å². The minimum Gasteiger partial charge on any atom is -0.351 e. The molecule has 0 aromatic carbocycles. The van der Waals surface area contributed by atoms with Crippen LogP contribution >= 0.6 is 12.4 Å². The number of nitrogens with two attached hydrogens (primary N) is 1. The Labute approximate surface area is 113 Å². The van der Waals surface area contributed by atoms with Crippen LogP contribution in [0.4, 0.5) is 0 Å². The average molecular weight is 274 g/mol. The molecule has 1 amide bonds. The third-order valence-electron chi connectivity index (χ3n) is 3.11. The summed E-state index contributed by atoms with van der Waals surface area (Å²) in [6.45, 7) is 4.81. The molecule has 0 aliphatic carbocycles. The van der Waals surface area contributed by atoms with E-state index in [1.807, 2.05) is 18.5 Å². The van der Waals surface area contributed by atoms with Crippen molar-refractivity contribution in [2.75, 3.05) is 6.54 Å². The van der Waals surface area contributed by atoms with Crippen molar-refractivity contribution in [3.8, 4) is 0 Å². The fourth-order valence-electron chi connectivity index (χ4n) is 2.00. The first kappa shape index (κ1) is 14.9. The van der Waals surface area contributed by atoms with Gasteiger partial charge in [0, 0.05) is 24.9 Å². The number of aromatic nitrogens is 3. The van der Waals surface area contributed by atoms with E-state index in [9.17, 15) is 4.79 Å². The Hall–Kier alpha value is -1.14. The first-order valence-electron chi connectivity index (χ1n) is 6.01. The molecule has 2 atom stereocenters. The van der Waals surface area contributed by atoms with Crippen LogP contribution in [0.3, 0.4) is 0 Å².